The van der Waals surface area contributed by atoms with E-state index in [2.05, 4.69) is 11.9 Å². The highest BCUT2D eigenvalue weighted by Crippen LogP contribution is 2.25. The van der Waals surface area contributed by atoms with Crippen molar-refractivity contribution in [3.05, 3.63) is 45.4 Å². The molecule has 2 heterocycles. The van der Waals surface area contributed by atoms with Crippen LogP contribution in [0.1, 0.15) is 46.2 Å². The summed E-state index contributed by atoms with van der Waals surface area (Å²) in [5, 5.41) is 0. The van der Waals surface area contributed by atoms with Gasteiger partial charge in [-0.2, -0.15) is 0 Å². The quantitative estimate of drug-likeness (QED) is 0.486. The summed E-state index contributed by atoms with van der Waals surface area (Å²) in [5.41, 5.74) is 2.49. The molecule has 3 rings (SSSR count). The van der Waals surface area contributed by atoms with Crippen molar-refractivity contribution < 1.29 is 17.9 Å². The number of nitrogens with zero attached hydrogens (tertiary/aromatic N) is 3. The average molecular weight is 450 g/mol. The number of carbonyl (C=O) groups excluding carboxylic acids is 1. The van der Waals surface area contributed by atoms with Gasteiger partial charge < -0.3 is 9.30 Å². The summed E-state index contributed by atoms with van der Waals surface area (Å²) in [7, 11) is -0.558. The molecule has 1 aromatic carbocycles. The van der Waals surface area contributed by atoms with Crippen molar-refractivity contribution in [1.29, 1.82) is 0 Å². The monoisotopic (exact) mass is 449 g/mol. The minimum atomic E-state index is -3.55. The molecule has 0 N–H and O–H groups in total. The number of aromatic nitrogens is 2. The first-order valence-electron chi connectivity index (χ1n) is 9.87. The maximum atomic E-state index is 12.5. The zero-order valence-corrected chi connectivity index (χ0v) is 19.6. The molecule has 9 heteroatoms. The summed E-state index contributed by atoms with van der Waals surface area (Å²) in [5.74, 6) is 0.234. The first kappa shape index (κ1) is 22.5. The first-order chi connectivity index (χ1) is 14.2. The SMILES string of the molecule is CCCn1c(COC(=O)c2cc(C)c(CC)s2)nc2cc(S(=O)(=O)N(C)C)ccc21. The predicted octanol–water partition coefficient (Wildman–Crippen LogP) is 3.99. The molecule has 0 atom stereocenters. The Morgan fingerprint density at radius 3 is 2.57 bits per heavy atom. The van der Waals surface area contributed by atoms with Gasteiger partial charge in [0.15, 0.2) is 0 Å². The largest absolute Gasteiger partial charge is 0.453 e. The third kappa shape index (κ3) is 4.28. The van der Waals surface area contributed by atoms with Gasteiger partial charge in [-0.25, -0.2) is 22.5 Å². The van der Waals surface area contributed by atoms with E-state index in [0.29, 0.717) is 22.8 Å². The Labute approximate surface area is 181 Å². The summed E-state index contributed by atoms with van der Waals surface area (Å²) in [6.07, 6.45) is 1.75. The van der Waals surface area contributed by atoms with Crippen LogP contribution in [0, 0.1) is 6.92 Å². The molecule has 162 valence electrons. The van der Waals surface area contributed by atoms with E-state index in [9.17, 15) is 13.2 Å². The van der Waals surface area contributed by atoms with Crippen molar-refractivity contribution in [1.82, 2.24) is 13.9 Å². The summed E-state index contributed by atoms with van der Waals surface area (Å²) < 4.78 is 33.6. The lowest BCUT2D eigenvalue weighted by Crippen LogP contribution is -2.22. The predicted molar refractivity (Wildman–Crippen MR) is 118 cm³/mol. The maximum Gasteiger partial charge on any atom is 0.348 e. The van der Waals surface area contributed by atoms with Crippen LogP contribution in [0.2, 0.25) is 0 Å². The molecule has 0 spiro atoms. The summed E-state index contributed by atoms with van der Waals surface area (Å²) >= 11 is 1.46. The van der Waals surface area contributed by atoms with Gasteiger partial charge in [-0.3, -0.25) is 0 Å². The number of carbonyl (C=O) groups is 1. The molecule has 3 aromatic rings. The van der Waals surface area contributed by atoms with E-state index in [4.69, 9.17) is 4.74 Å². The molecule has 0 saturated heterocycles. The molecule has 7 nitrogen and oxygen atoms in total. The van der Waals surface area contributed by atoms with E-state index in [1.807, 2.05) is 24.5 Å². The molecule has 0 saturated carbocycles. The topological polar surface area (TPSA) is 81.5 Å². The molecular weight excluding hydrogens is 422 g/mol. The lowest BCUT2D eigenvalue weighted by Gasteiger charge is -2.11. The number of thiophene rings is 1. The summed E-state index contributed by atoms with van der Waals surface area (Å²) in [6.45, 7) is 6.83. The van der Waals surface area contributed by atoms with Crippen molar-refractivity contribution in [2.75, 3.05) is 14.1 Å². The highest BCUT2D eigenvalue weighted by atomic mass is 32.2. The Bertz CT molecular complexity index is 1180. The number of hydrogen-bond acceptors (Lipinski definition) is 6. The minimum absolute atomic E-state index is 0.0294. The molecular formula is C21H27N3O4S2. The van der Waals surface area contributed by atoms with Gasteiger partial charge in [0.1, 0.15) is 17.3 Å². The molecule has 0 radical (unpaired) electrons. The second-order valence-corrected chi connectivity index (χ2v) is 10.6. The number of aryl methyl sites for hydroxylation is 3. The fourth-order valence-electron chi connectivity index (χ4n) is 3.29. The lowest BCUT2D eigenvalue weighted by atomic mass is 10.2. The number of imidazole rings is 1. The summed E-state index contributed by atoms with van der Waals surface area (Å²) in [6, 6.07) is 6.77. The Kier molecular flexibility index (Phi) is 6.64. The zero-order chi connectivity index (χ0) is 22.1. The standard InChI is InChI=1S/C21H27N3O4S2/c1-6-10-24-17-9-8-15(30(26,27)23(4)5)12-16(17)22-20(24)13-28-21(25)19-11-14(3)18(7-2)29-19/h8-9,11-12H,6-7,10,13H2,1-5H3. The van der Waals surface area contributed by atoms with E-state index >= 15 is 0 Å². The van der Waals surface area contributed by atoms with Crippen LogP contribution in [-0.4, -0.2) is 42.3 Å². The van der Waals surface area contributed by atoms with Crippen LogP contribution < -0.4 is 0 Å². The number of sulfonamides is 1. The highest BCUT2D eigenvalue weighted by Gasteiger charge is 2.20. The molecule has 2 aromatic heterocycles. The van der Waals surface area contributed by atoms with Gasteiger partial charge in [0.25, 0.3) is 0 Å². The normalized spacial score (nSPS) is 12.1. The number of esters is 1. The van der Waals surface area contributed by atoms with E-state index in [1.165, 1.54) is 34.6 Å². The Hall–Kier alpha value is -2.23. The van der Waals surface area contributed by atoms with Crippen molar-refractivity contribution in [3.8, 4) is 0 Å². The van der Waals surface area contributed by atoms with Crippen LogP contribution in [0.15, 0.2) is 29.2 Å². The van der Waals surface area contributed by atoms with Crippen LogP contribution in [-0.2, 0) is 34.3 Å². The third-order valence-electron chi connectivity index (χ3n) is 4.90. The molecule has 0 bridgehead atoms. The third-order valence-corrected chi connectivity index (χ3v) is 8.07. The smallest absolute Gasteiger partial charge is 0.348 e. The molecule has 0 fully saturated rings. The average Bonchev–Trinajstić information content (AvgIpc) is 3.26. The van der Waals surface area contributed by atoms with E-state index in [-0.39, 0.29) is 17.5 Å². The van der Waals surface area contributed by atoms with E-state index in [0.717, 1.165) is 23.9 Å². The van der Waals surface area contributed by atoms with Crippen LogP contribution >= 0.6 is 11.3 Å². The van der Waals surface area contributed by atoms with Crippen molar-refractivity contribution in [2.24, 2.45) is 0 Å². The first-order valence-corrected chi connectivity index (χ1v) is 12.1. The van der Waals surface area contributed by atoms with Crippen LogP contribution in [0.4, 0.5) is 0 Å². The number of benzene rings is 1. The minimum Gasteiger partial charge on any atom is -0.453 e. The van der Waals surface area contributed by atoms with Crippen molar-refractivity contribution in [2.45, 2.75) is 51.7 Å². The highest BCUT2D eigenvalue weighted by molar-refractivity contribution is 7.89. The lowest BCUT2D eigenvalue weighted by molar-refractivity contribution is 0.0464. The summed E-state index contributed by atoms with van der Waals surface area (Å²) in [4.78, 5) is 19.0. The molecule has 0 aliphatic heterocycles. The number of rotatable bonds is 8. The van der Waals surface area contributed by atoms with Gasteiger partial charge >= 0.3 is 5.97 Å². The van der Waals surface area contributed by atoms with E-state index < -0.39 is 10.0 Å². The molecule has 0 aliphatic carbocycles. The van der Waals surface area contributed by atoms with Crippen LogP contribution in [0.5, 0.6) is 0 Å². The zero-order valence-electron chi connectivity index (χ0n) is 17.9. The second-order valence-electron chi connectivity index (χ2n) is 7.26. The number of hydrogen-bond donors (Lipinski definition) is 0. The van der Waals surface area contributed by atoms with Gasteiger partial charge in [-0.1, -0.05) is 13.8 Å². The second kappa shape index (κ2) is 8.87. The fourth-order valence-corrected chi connectivity index (χ4v) is 5.22. The van der Waals surface area contributed by atoms with E-state index in [1.54, 1.807) is 18.2 Å². The molecule has 0 amide bonds. The van der Waals surface area contributed by atoms with Crippen molar-refractivity contribution in [3.63, 3.8) is 0 Å². The molecule has 30 heavy (non-hydrogen) atoms. The van der Waals surface area contributed by atoms with Gasteiger partial charge in [-0.15, -0.1) is 11.3 Å². The van der Waals surface area contributed by atoms with Crippen LogP contribution in [0.25, 0.3) is 11.0 Å². The number of fused-ring (bicyclic) bond motifs is 1. The molecule has 0 unspecified atom stereocenters. The van der Waals surface area contributed by atoms with Gasteiger partial charge in [0.05, 0.1) is 15.9 Å². The van der Waals surface area contributed by atoms with Gasteiger partial charge in [0.2, 0.25) is 10.0 Å². The fraction of sp³-hybridized carbons (Fsp3) is 0.429. The Morgan fingerprint density at radius 1 is 1.23 bits per heavy atom. The van der Waals surface area contributed by atoms with Crippen molar-refractivity contribution >= 4 is 38.4 Å². The maximum absolute atomic E-state index is 12.5. The number of ether oxygens (including phenoxy) is 1. The van der Waals surface area contributed by atoms with Gasteiger partial charge in [-0.05, 0) is 49.6 Å². The molecule has 0 aliphatic rings. The van der Waals surface area contributed by atoms with Crippen LogP contribution in [0.3, 0.4) is 0 Å². The Balaban J connectivity index is 1.90. The Morgan fingerprint density at radius 2 is 1.97 bits per heavy atom. The van der Waals surface area contributed by atoms with Gasteiger partial charge in [0, 0.05) is 25.5 Å².